The van der Waals surface area contributed by atoms with Gasteiger partial charge in [-0.1, -0.05) is 0 Å². The van der Waals surface area contributed by atoms with Crippen molar-refractivity contribution in [3.63, 3.8) is 0 Å². The van der Waals surface area contributed by atoms with Crippen LogP contribution in [0.25, 0.3) is 0 Å². The van der Waals surface area contributed by atoms with Crippen molar-refractivity contribution in [1.82, 2.24) is 20.0 Å². The number of ether oxygens (including phenoxy) is 1. The Morgan fingerprint density at radius 1 is 1.57 bits per heavy atom. The van der Waals surface area contributed by atoms with Gasteiger partial charge in [0.15, 0.2) is 0 Å². The van der Waals surface area contributed by atoms with Crippen molar-refractivity contribution < 1.29 is 14.3 Å². The van der Waals surface area contributed by atoms with Gasteiger partial charge in [0.05, 0.1) is 18.5 Å². The number of nitrogens with two attached hydrogens (primary N) is 1. The zero-order valence-electron chi connectivity index (χ0n) is 12.3. The van der Waals surface area contributed by atoms with Crippen LogP contribution in [0, 0.1) is 0 Å². The maximum atomic E-state index is 11.9. The van der Waals surface area contributed by atoms with Crippen LogP contribution in [0.3, 0.4) is 0 Å². The number of piperazine rings is 1. The molecule has 0 radical (unpaired) electrons. The third kappa shape index (κ3) is 3.40. The molecule has 0 bridgehead atoms. The number of aryl methyl sites for hydroxylation is 1. The molecule has 1 fully saturated rings. The number of primary amides is 1. The van der Waals surface area contributed by atoms with Gasteiger partial charge >= 0.3 is 5.97 Å². The Morgan fingerprint density at radius 2 is 2.33 bits per heavy atom. The molecule has 2 heterocycles. The largest absolute Gasteiger partial charge is 0.462 e. The van der Waals surface area contributed by atoms with Crippen LogP contribution in [0.5, 0.6) is 0 Å². The molecule has 21 heavy (non-hydrogen) atoms. The van der Waals surface area contributed by atoms with Crippen molar-refractivity contribution >= 4 is 11.9 Å². The Kier molecular flexibility index (Phi) is 4.92. The molecule has 1 unspecified atom stereocenters. The first-order valence-corrected chi connectivity index (χ1v) is 6.96. The lowest BCUT2D eigenvalue weighted by molar-refractivity contribution is -0.124. The maximum absolute atomic E-state index is 11.9. The van der Waals surface area contributed by atoms with Crippen LogP contribution in [0.4, 0.5) is 0 Å². The molecule has 0 saturated carbocycles. The molecule has 1 aromatic heterocycles. The van der Waals surface area contributed by atoms with Crippen LogP contribution in [-0.2, 0) is 23.1 Å². The van der Waals surface area contributed by atoms with Gasteiger partial charge in [0.1, 0.15) is 11.6 Å². The summed E-state index contributed by atoms with van der Waals surface area (Å²) >= 11 is 0. The van der Waals surface area contributed by atoms with E-state index in [-0.39, 0.29) is 11.9 Å². The summed E-state index contributed by atoms with van der Waals surface area (Å²) in [6, 6.07) is -0.385. The second-order valence-corrected chi connectivity index (χ2v) is 4.94. The van der Waals surface area contributed by atoms with Crippen LogP contribution < -0.4 is 11.1 Å². The van der Waals surface area contributed by atoms with Crippen molar-refractivity contribution in [3.8, 4) is 0 Å². The number of esters is 1. The van der Waals surface area contributed by atoms with Crippen molar-refractivity contribution in [1.29, 1.82) is 0 Å². The molecule has 1 aliphatic rings. The predicted molar refractivity (Wildman–Crippen MR) is 75.4 cm³/mol. The molecule has 116 valence electrons. The van der Waals surface area contributed by atoms with Crippen LogP contribution in [0.15, 0.2) is 6.20 Å². The fourth-order valence-corrected chi connectivity index (χ4v) is 2.44. The van der Waals surface area contributed by atoms with Gasteiger partial charge < -0.3 is 15.8 Å². The smallest absolute Gasteiger partial charge is 0.341 e. The number of amides is 1. The minimum absolute atomic E-state index is 0.310. The van der Waals surface area contributed by atoms with Gasteiger partial charge in [-0.2, -0.15) is 5.10 Å². The summed E-state index contributed by atoms with van der Waals surface area (Å²) in [5, 5.41) is 7.25. The molecule has 0 aliphatic carbocycles. The topological polar surface area (TPSA) is 102 Å². The second kappa shape index (κ2) is 6.68. The third-order valence-corrected chi connectivity index (χ3v) is 3.59. The zero-order chi connectivity index (χ0) is 15.4. The number of hydrogen-bond donors (Lipinski definition) is 2. The Labute approximate surface area is 123 Å². The predicted octanol–water partition coefficient (Wildman–Crippen LogP) is -1.14. The molecule has 1 atom stereocenters. The summed E-state index contributed by atoms with van der Waals surface area (Å²) in [5.41, 5.74) is 6.59. The van der Waals surface area contributed by atoms with E-state index >= 15 is 0 Å². The molecule has 3 N–H and O–H groups in total. The van der Waals surface area contributed by atoms with Crippen LogP contribution in [0.2, 0.25) is 0 Å². The Balaban J connectivity index is 2.20. The van der Waals surface area contributed by atoms with E-state index in [1.54, 1.807) is 18.7 Å². The van der Waals surface area contributed by atoms with E-state index < -0.39 is 5.97 Å². The van der Waals surface area contributed by atoms with Gasteiger partial charge in [-0.25, -0.2) is 4.79 Å². The van der Waals surface area contributed by atoms with Crippen molar-refractivity contribution in [2.75, 3.05) is 26.2 Å². The maximum Gasteiger partial charge on any atom is 0.341 e. The minimum atomic E-state index is -0.397. The number of nitrogens with zero attached hydrogens (tertiary/aromatic N) is 3. The lowest BCUT2D eigenvalue weighted by atomic mass is 10.1. The number of aromatic nitrogens is 2. The van der Waals surface area contributed by atoms with Gasteiger partial charge in [-0.05, 0) is 6.92 Å². The molecule has 2 rings (SSSR count). The second-order valence-electron chi connectivity index (χ2n) is 4.94. The van der Waals surface area contributed by atoms with E-state index in [0.29, 0.717) is 31.8 Å². The Morgan fingerprint density at radius 3 is 3.00 bits per heavy atom. The summed E-state index contributed by atoms with van der Waals surface area (Å²) in [7, 11) is 1.76. The number of nitrogens with one attached hydrogen (secondary N) is 1. The Hall–Kier alpha value is -1.93. The standard InChI is InChI=1S/C13H21N5O3/c1-3-21-13(20)9-6-16-17(2)11(9)8-18-5-4-15-7-10(18)12(14)19/h6,10,15H,3-5,7-8H2,1-2H3,(H2,14,19). The summed E-state index contributed by atoms with van der Waals surface area (Å²) in [6.45, 7) is 4.47. The van der Waals surface area contributed by atoms with E-state index in [1.165, 1.54) is 6.20 Å². The van der Waals surface area contributed by atoms with Crippen molar-refractivity contribution in [3.05, 3.63) is 17.5 Å². The quantitative estimate of drug-likeness (QED) is 0.665. The monoisotopic (exact) mass is 295 g/mol. The summed E-state index contributed by atoms with van der Waals surface area (Å²) in [6.07, 6.45) is 1.49. The lowest BCUT2D eigenvalue weighted by Gasteiger charge is -2.34. The molecule has 1 aromatic rings. The third-order valence-electron chi connectivity index (χ3n) is 3.59. The average Bonchev–Trinajstić information content (AvgIpc) is 2.81. The first-order valence-electron chi connectivity index (χ1n) is 6.96. The SMILES string of the molecule is CCOC(=O)c1cnn(C)c1CN1CCNCC1C(N)=O. The van der Waals surface area contributed by atoms with Gasteiger partial charge in [0.2, 0.25) is 5.91 Å². The number of carbonyl (C=O) groups is 2. The number of carbonyl (C=O) groups excluding carboxylic acids is 2. The fraction of sp³-hybridized carbons (Fsp3) is 0.615. The molecule has 1 saturated heterocycles. The van der Waals surface area contributed by atoms with Crippen molar-refractivity contribution in [2.45, 2.75) is 19.5 Å². The average molecular weight is 295 g/mol. The van der Waals surface area contributed by atoms with E-state index in [1.807, 2.05) is 4.90 Å². The van der Waals surface area contributed by atoms with Gasteiger partial charge in [0.25, 0.3) is 0 Å². The lowest BCUT2D eigenvalue weighted by Crippen LogP contribution is -2.56. The summed E-state index contributed by atoms with van der Waals surface area (Å²) < 4.78 is 6.66. The summed E-state index contributed by atoms with van der Waals surface area (Å²) in [4.78, 5) is 25.4. The normalized spacial score (nSPS) is 19.4. The van der Waals surface area contributed by atoms with E-state index in [9.17, 15) is 9.59 Å². The highest BCUT2D eigenvalue weighted by Gasteiger charge is 2.29. The number of hydrogen-bond acceptors (Lipinski definition) is 6. The van der Waals surface area contributed by atoms with Crippen LogP contribution in [-0.4, -0.2) is 58.8 Å². The minimum Gasteiger partial charge on any atom is -0.462 e. The zero-order valence-corrected chi connectivity index (χ0v) is 12.3. The molecule has 1 aliphatic heterocycles. The van der Waals surface area contributed by atoms with Crippen molar-refractivity contribution in [2.24, 2.45) is 12.8 Å². The molecule has 8 heteroatoms. The molecule has 0 aromatic carbocycles. The molecular weight excluding hydrogens is 274 g/mol. The molecule has 1 amide bonds. The molecule has 0 spiro atoms. The van der Waals surface area contributed by atoms with Gasteiger partial charge in [-0.3, -0.25) is 14.4 Å². The fourth-order valence-electron chi connectivity index (χ4n) is 2.44. The summed E-state index contributed by atoms with van der Waals surface area (Å²) in [5.74, 6) is -0.770. The van der Waals surface area contributed by atoms with Gasteiger partial charge in [0, 0.05) is 33.2 Å². The van der Waals surface area contributed by atoms with E-state index in [2.05, 4.69) is 10.4 Å². The highest BCUT2D eigenvalue weighted by molar-refractivity contribution is 5.90. The van der Waals surface area contributed by atoms with Gasteiger partial charge in [-0.15, -0.1) is 0 Å². The highest BCUT2D eigenvalue weighted by Crippen LogP contribution is 2.15. The van der Waals surface area contributed by atoms with E-state index in [4.69, 9.17) is 10.5 Å². The Bertz CT molecular complexity index is 528. The molecule has 8 nitrogen and oxygen atoms in total. The van der Waals surface area contributed by atoms with E-state index in [0.717, 1.165) is 12.2 Å². The molecular formula is C13H21N5O3. The highest BCUT2D eigenvalue weighted by atomic mass is 16.5. The first-order chi connectivity index (χ1) is 10.0. The number of rotatable bonds is 5. The van der Waals surface area contributed by atoms with Crippen LogP contribution >= 0.6 is 0 Å². The first kappa shape index (κ1) is 15.5. The van der Waals surface area contributed by atoms with Crippen LogP contribution in [0.1, 0.15) is 23.0 Å².